The average molecular weight is 1140 g/mol. The van der Waals surface area contributed by atoms with E-state index in [0.717, 1.165) is 140 Å². The molecule has 0 unspecified atom stereocenters. The summed E-state index contributed by atoms with van der Waals surface area (Å²) < 4.78 is 9.56. The fourth-order valence-electron chi connectivity index (χ4n) is 9.28. The van der Waals surface area contributed by atoms with Crippen molar-refractivity contribution in [2.24, 2.45) is 0 Å². The van der Waals surface area contributed by atoms with E-state index < -0.39 is 0 Å². The highest BCUT2D eigenvalue weighted by molar-refractivity contribution is 7.22. The fourth-order valence-corrected chi connectivity index (χ4v) is 13.4. The van der Waals surface area contributed by atoms with Crippen LogP contribution in [0.3, 0.4) is 0 Å². The van der Waals surface area contributed by atoms with Gasteiger partial charge < -0.3 is 29.2 Å². The largest absolute Gasteiger partial charge is 0.383 e. The highest BCUT2D eigenvalue weighted by atomic mass is 32.1. The van der Waals surface area contributed by atoms with E-state index in [1.165, 1.54) is 17.8 Å². The Morgan fingerprint density at radius 1 is 0.438 bits per heavy atom. The van der Waals surface area contributed by atoms with Crippen molar-refractivity contribution < 1.29 is 4.74 Å². The molecule has 0 aromatic heterocycles. The smallest absolute Gasteiger partial charge is 0.180 e. The van der Waals surface area contributed by atoms with Gasteiger partial charge in [0.05, 0.1) is 89.8 Å². The molecule has 0 amide bonds. The topological polar surface area (TPSA) is 145 Å². The molecule has 80 heavy (non-hydrogen) atoms. The van der Waals surface area contributed by atoms with Crippen molar-refractivity contribution in [3.05, 3.63) is 186 Å². The Balaban J connectivity index is 0.000000113. The number of hydrogen-bond acceptors (Lipinski definition) is 18. The molecule has 0 saturated carbocycles. The van der Waals surface area contributed by atoms with Crippen LogP contribution in [0.5, 0.6) is 0 Å². The van der Waals surface area contributed by atoms with Crippen molar-refractivity contribution in [2.45, 2.75) is 6.42 Å². The molecule has 14 rings (SSSR count). The van der Waals surface area contributed by atoms with Crippen LogP contribution < -0.4 is 41.3 Å². The summed E-state index contributed by atoms with van der Waals surface area (Å²) in [5.41, 5.74) is 12.4. The summed E-state index contributed by atoms with van der Waals surface area (Å²) in [7, 11) is 9.92. The Bertz CT molecular complexity index is 4290. The maximum atomic E-state index is 11.5. The van der Waals surface area contributed by atoms with Gasteiger partial charge >= 0.3 is 0 Å². The van der Waals surface area contributed by atoms with E-state index in [1.807, 2.05) is 39.3 Å². The zero-order valence-corrected chi connectivity index (χ0v) is 48.2. The Labute approximate surface area is 478 Å². The Morgan fingerprint density at radius 3 is 1.18 bits per heavy atom. The van der Waals surface area contributed by atoms with Crippen molar-refractivity contribution in [2.75, 3.05) is 107 Å². The van der Waals surface area contributed by atoms with Crippen molar-refractivity contribution >= 4 is 109 Å². The number of benzene rings is 8. The number of likely N-dealkylation sites (N-methyl/N-ethyl adjacent to an activating group) is 2. The van der Waals surface area contributed by atoms with E-state index in [-0.39, 0.29) is 21.7 Å². The van der Waals surface area contributed by atoms with Crippen LogP contribution in [0.15, 0.2) is 165 Å². The number of hydrogen-bond donors (Lipinski definition) is 0. The molecule has 6 aliphatic heterocycles. The molecule has 0 radical (unpaired) electrons. The molecule has 14 nitrogen and oxygen atoms in total. The first-order valence-electron chi connectivity index (χ1n) is 26.2. The average Bonchev–Trinajstić information content (AvgIpc) is 3.50. The number of aromatic nitrogens is 4. The van der Waals surface area contributed by atoms with Gasteiger partial charge in [0.2, 0.25) is 0 Å². The number of ether oxygens (including phenoxy) is 1. The summed E-state index contributed by atoms with van der Waals surface area (Å²) in [6, 6.07) is 45.3. The lowest BCUT2D eigenvalue weighted by Crippen LogP contribution is -2.44. The number of piperazine rings is 1. The molecule has 0 N–H and O–H groups in total. The third kappa shape index (κ3) is 12.5. The molecule has 0 bridgehead atoms. The van der Waals surface area contributed by atoms with Gasteiger partial charge in [0, 0.05) is 121 Å². The quantitative estimate of drug-likeness (QED) is 0.140. The lowest BCUT2D eigenvalue weighted by atomic mass is 10.1. The standard InChI is InChI=1S/C17H17N3OS.C16H16N2O2S.C15H12N2OS.C14H12N2OS/c1-19-6-8-20(9-7-19)12-2-4-14-16(10-12)22-17-11-13(21)3-5-15(17)18-14;1-18(7-8-20-2)11-3-5-13-15(9-11)21-16-10-12(19)4-6-14(16)17-13;18-11-3-5-13-15(9-11)19-14-8-10(17-6-1-7-17)2-4-12(14)16-13;1-16(2)9-3-5-11-13(7-9)18-14-8-10(17)4-6-12(14)15-11/h2-5,10-11H,6-9H2,1H3;3-6,9-10H,7-8H2,1-2H3;2-5,8-9H,1,6-7H2;3-8H,1-2H3. The van der Waals surface area contributed by atoms with Gasteiger partial charge in [0.25, 0.3) is 0 Å². The predicted octanol–water partition coefficient (Wildman–Crippen LogP) is 11.2. The molecule has 4 aliphatic carbocycles. The third-order valence-corrected chi connectivity index (χ3v) is 18.4. The molecule has 404 valence electrons. The number of nitrogens with zero attached hydrogens (tertiary/aromatic N) is 9. The van der Waals surface area contributed by atoms with Crippen molar-refractivity contribution in [1.82, 2.24) is 24.8 Å². The second-order valence-corrected chi connectivity index (χ2v) is 24.3. The van der Waals surface area contributed by atoms with Gasteiger partial charge in [-0.2, -0.15) is 0 Å². The highest BCUT2D eigenvalue weighted by Gasteiger charge is 2.18. The van der Waals surface area contributed by atoms with Crippen LogP contribution in [0, 0.1) is 0 Å². The van der Waals surface area contributed by atoms with Crippen molar-refractivity contribution in [1.29, 1.82) is 0 Å². The summed E-state index contributed by atoms with van der Waals surface area (Å²) in [5.74, 6) is 0. The number of anilines is 4. The molecule has 4 aromatic carbocycles. The lowest BCUT2D eigenvalue weighted by Gasteiger charge is -2.34. The summed E-state index contributed by atoms with van der Waals surface area (Å²) in [6.45, 7) is 8.10. The van der Waals surface area contributed by atoms with E-state index in [9.17, 15) is 19.2 Å². The van der Waals surface area contributed by atoms with Gasteiger partial charge in [-0.15, -0.1) is 45.3 Å². The van der Waals surface area contributed by atoms with E-state index in [2.05, 4.69) is 112 Å². The zero-order valence-electron chi connectivity index (χ0n) is 44.9. The minimum Gasteiger partial charge on any atom is -0.383 e. The molecule has 6 heterocycles. The van der Waals surface area contributed by atoms with Crippen molar-refractivity contribution in [3.63, 3.8) is 0 Å². The maximum absolute atomic E-state index is 11.5. The van der Waals surface area contributed by atoms with E-state index in [1.54, 1.807) is 119 Å². The summed E-state index contributed by atoms with van der Waals surface area (Å²) in [4.78, 5) is 79.3. The molecule has 2 saturated heterocycles. The summed E-state index contributed by atoms with van der Waals surface area (Å²) in [5, 5.41) is 0. The molecular formula is C62H57N9O5S4. The molecule has 2 fully saturated rings. The highest BCUT2D eigenvalue weighted by Crippen LogP contribution is 2.36. The Kier molecular flexibility index (Phi) is 16.1. The first kappa shape index (κ1) is 54.1. The van der Waals surface area contributed by atoms with Gasteiger partial charge in [0.15, 0.2) is 21.7 Å². The lowest BCUT2D eigenvalue weighted by molar-refractivity contribution is 0.206. The molecule has 10 aliphatic rings. The first-order valence-corrected chi connectivity index (χ1v) is 29.5. The van der Waals surface area contributed by atoms with Crippen LogP contribution in [0.4, 0.5) is 22.7 Å². The van der Waals surface area contributed by atoms with Crippen LogP contribution in [-0.4, -0.2) is 113 Å². The number of methoxy groups -OCH3 is 1. The molecular weight excluding hydrogens is 1080 g/mol. The van der Waals surface area contributed by atoms with E-state index in [0.29, 0.717) is 6.61 Å². The normalized spacial score (nSPS) is 13.5. The fraction of sp³-hybridized carbons (Fsp3) is 0.226. The molecule has 4 aromatic rings. The van der Waals surface area contributed by atoms with Gasteiger partial charge in [-0.05, 0) is 135 Å². The molecule has 18 heteroatoms. The van der Waals surface area contributed by atoms with Crippen LogP contribution in [-0.2, 0) is 4.74 Å². The van der Waals surface area contributed by atoms with Crippen molar-refractivity contribution in [3.8, 4) is 42.3 Å². The van der Waals surface area contributed by atoms with Crippen LogP contribution in [0.25, 0.3) is 83.2 Å². The van der Waals surface area contributed by atoms with Gasteiger partial charge in [-0.3, -0.25) is 19.2 Å². The Hall–Kier alpha value is -7.84. The monoisotopic (exact) mass is 1140 g/mol. The number of fused-ring (bicyclic) bond motifs is 8. The Morgan fingerprint density at radius 2 is 0.800 bits per heavy atom. The third-order valence-electron chi connectivity index (χ3n) is 14.0. The van der Waals surface area contributed by atoms with Gasteiger partial charge in [0.1, 0.15) is 0 Å². The predicted molar refractivity (Wildman–Crippen MR) is 336 cm³/mol. The second kappa shape index (κ2) is 23.9. The maximum Gasteiger partial charge on any atom is 0.180 e. The molecule has 0 spiro atoms. The van der Waals surface area contributed by atoms with Gasteiger partial charge in [-0.25, -0.2) is 19.9 Å². The van der Waals surface area contributed by atoms with E-state index >= 15 is 0 Å². The first-order chi connectivity index (χ1) is 38.8. The van der Waals surface area contributed by atoms with E-state index in [4.69, 9.17) is 4.74 Å². The van der Waals surface area contributed by atoms with Crippen LogP contribution >= 0.6 is 45.3 Å². The zero-order chi connectivity index (χ0) is 55.4. The van der Waals surface area contributed by atoms with Crippen LogP contribution in [0.2, 0.25) is 0 Å². The minimum atomic E-state index is 0.0215. The minimum absolute atomic E-state index is 0.0215. The summed E-state index contributed by atoms with van der Waals surface area (Å²) >= 11 is 6.50. The molecule has 0 atom stereocenters. The SMILES string of the molecule is CN(C)c1ccc2nc3ccc(=O)cc-3sc2c1.CN1CCN(c2ccc3nc4ccc(=O)cc-4sc3c2)CC1.COCCN(C)c1ccc2nc3ccc(=O)cc-3sc2c1.O=c1ccc2nc3ccc(N4CCC4)cc3sc-2c1. The summed E-state index contributed by atoms with van der Waals surface area (Å²) in [6.07, 6.45) is 1.27. The van der Waals surface area contributed by atoms with Crippen LogP contribution in [0.1, 0.15) is 6.42 Å². The number of rotatable bonds is 7. The van der Waals surface area contributed by atoms with Gasteiger partial charge in [-0.1, -0.05) is 0 Å². The second-order valence-electron chi connectivity index (χ2n) is 19.9.